The number of benzene rings is 1. The fourth-order valence-electron chi connectivity index (χ4n) is 1.75. The summed E-state index contributed by atoms with van der Waals surface area (Å²) in [6.07, 6.45) is -0.0735. The van der Waals surface area contributed by atoms with Gasteiger partial charge in [0.25, 0.3) is 0 Å². The zero-order valence-electron chi connectivity index (χ0n) is 10.2. The lowest BCUT2D eigenvalue weighted by atomic mass is 10.3. The lowest BCUT2D eigenvalue weighted by molar-refractivity contribution is -0.137. The van der Waals surface area contributed by atoms with E-state index in [2.05, 4.69) is 0 Å². The van der Waals surface area contributed by atoms with Gasteiger partial charge in [0, 0.05) is 12.5 Å². The molecule has 1 N–H and O–H groups in total. The van der Waals surface area contributed by atoms with Crippen molar-refractivity contribution in [3.8, 4) is 11.5 Å². The van der Waals surface area contributed by atoms with Gasteiger partial charge in [0.05, 0.1) is 10.6 Å². The molecule has 0 amide bonds. The molecule has 0 aromatic heterocycles. The Labute approximate surface area is 110 Å². The van der Waals surface area contributed by atoms with Crippen LogP contribution in [0.1, 0.15) is 12.8 Å². The smallest absolute Gasteiger partial charge is 0.303 e. The second-order valence-electron chi connectivity index (χ2n) is 4.12. The predicted octanol–water partition coefficient (Wildman–Crippen LogP) is 1.10. The predicted molar refractivity (Wildman–Crippen MR) is 66.4 cm³/mol. The number of carboxylic acid groups (broad SMARTS) is 1. The van der Waals surface area contributed by atoms with Crippen molar-refractivity contribution in [2.24, 2.45) is 0 Å². The Balaban J connectivity index is 2.14. The number of sulfone groups is 1. The molecule has 1 aromatic carbocycles. The normalized spacial score (nSPS) is 14.1. The van der Waals surface area contributed by atoms with Crippen molar-refractivity contribution in [2.75, 3.05) is 19.0 Å². The number of fused-ring (bicyclic) bond motifs is 1. The SMILES string of the molecule is O=C(O)CCCS(=O)(=O)c1ccc2c(c1)OCCO2. The Morgan fingerprint density at radius 3 is 2.58 bits per heavy atom. The lowest BCUT2D eigenvalue weighted by Gasteiger charge is -2.18. The summed E-state index contributed by atoms with van der Waals surface area (Å²) in [5.41, 5.74) is 0. The number of carboxylic acids is 1. The van der Waals surface area contributed by atoms with Crippen LogP contribution in [-0.2, 0) is 14.6 Å². The lowest BCUT2D eigenvalue weighted by Crippen LogP contribution is -2.16. The monoisotopic (exact) mass is 286 g/mol. The fraction of sp³-hybridized carbons (Fsp3) is 0.417. The van der Waals surface area contributed by atoms with Crippen molar-refractivity contribution < 1.29 is 27.8 Å². The van der Waals surface area contributed by atoms with E-state index in [1.165, 1.54) is 12.1 Å². The summed E-state index contributed by atoms with van der Waals surface area (Å²) in [6.45, 7) is 0.827. The first-order valence-electron chi connectivity index (χ1n) is 5.83. The van der Waals surface area contributed by atoms with Crippen LogP contribution in [0.3, 0.4) is 0 Å². The highest BCUT2D eigenvalue weighted by molar-refractivity contribution is 7.91. The Morgan fingerprint density at radius 1 is 1.21 bits per heavy atom. The second-order valence-corrected chi connectivity index (χ2v) is 6.23. The Hall–Kier alpha value is -1.76. The first kappa shape index (κ1) is 13.7. The standard InChI is InChI=1S/C12H14O6S/c13-12(14)2-1-7-19(15,16)9-3-4-10-11(8-9)18-6-5-17-10/h3-4,8H,1-2,5-7H2,(H,13,14). The van der Waals surface area contributed by atoms with Crippen LogP contribution >= 0.6 is 0 Å². The van der Waals surface area contributed by atoms with Crippen LogP contribution in [0.5, 0.6) is 11.5 Å². The van der Waals surface area contributed by atoms with E-state index in [4.69, 9.17) is 14.6 Å². The van der Waals surface area contributed by atoms with E-state index in [-0.39, 0.29) is 23.5 Å². The van der Waals surface area contributed by atoms with Gasteiger partial charge in [-0.25, -0.2) is 8.42 Å². The van der Waals surface area contributed by atoms with E-state index in [1.54, 1.807) is 6.07 Å². The van der Waals surface area contributed by atoms with Crippen molar-refractivity contribution in [3.63, 3.8) is 0 Å². The number of rotatable bonds is 5. The van der Waals surface area contributed by atoms with Gasteiger partial charge in [0.15, 0.2) is 21.3 Å². The molecule has 7 heteroatoms. The molecule has 6 nitrogen and oxygen atoms in total. The molecule has 2 rings (SSSR count). The summed E-state index contributed by atoms with van der Waals surface area (Å²) in [6, 6.07) is 4.42. The van der Waals surface area contributed by atoms with E-state index >= 15 is 0 Å². The molecule has 0 fully saturated rings. The van der Waals surface area contributed by atoms with Crippen LogP contribution in [0, 0.1) is 0 Å². The van der Waals surface area contributed by atoms with Crippen molar-refractivity contribution in [3.05, 3.63) is 18.2 Å². The number of aliphatic carboxylic acids is 1. The molecular weight excluding hydrogens is 272 g/mol. The zero-order chi connectivity index (χ0) is 13.9. The van der Waals surface area contributed by atoms with Crippen LogP contribution in [0.2, 0.25) is 0 Å². The molecular formula is C12H14O6S. The zero-order valence-corrected chi connectivity index (χ0v) is 11.0. The molecule has 0 bridgehead atoms. The average molecular weight is 286 g/mol. The molecule has 0 spiro atoms. The highest BCUT2D eigenvalue weighted by Gasteiger charge is 2.19. The molecule has 0 saturated carbocycles. The molecule has 0 saturated heterocycles. The molecule has 1 aliphatic heterocycles. The summed E-state index contributed by atoms with van der Waals surface area (Å²) in [5.74, 6) is -0.266. The van der Waals surface area contributed by atoms with Gasteiger partial charge in [-0.3, -0.25) is 4.79 Å². The van der Waals surface area contributed by atoms with Crippen molar-refractivity contribution in [2.45, 2.75) is 17.7 Å². The highest BCUT2D eigenvalue weighted by Crippen LogP contribution is 2.32. The maximum Gasteiger partial charge on any atom is 0.303 e. The quantitative estimate of drug-likeness (QED) is 0.871. The van der Waals surface area contributed by atoms with Gasteiger partial charge in [-0.05, 0) is 18.6 Å². The Kier molecular flexibility index (Phi) is 3.94. The third-order valence-corrected chi connectivity index (χ3v) is 4.47. The first-order chi connectivity index (χ1) is 8.99. The number of hydrogen-bond donors (Lipinski definition) is 1. The van der Waals surface area contributed by atoms with Crippen molar-refractivity contribution in [1.29, 1.82) is 0 Å². The minimum Gasteiger partial charge on any atom is -0.486 e. The van der Waals surface area contributed by atoms with E-state index in [0.717, 1.165) is 0 Å². The van der Waals surface area contributed by atoms with Crippen molar-refractivity contribution in [1.82, 2.24) is 0 Å². The molecule has 0 atom stereocenters. The summed E-state index contributed by atoms with van der Waals surface area (Å²) >= 11 is 0. The van der Waals surface area contributed by atoms with E-state index in [1.807, 2.05) is 0 Å². The molecule has 0 unspecified atom stereocenters. The summed E-state index contributed by atoms with van der Waals surface area (Å²) < 4.78 is 34.6. The fourth-order valence-corrected chi connectivity index (χ4v) is 3.07. The van der Waals surface area contributed by atoms with E-state index < -0.39 is 15.8 Å². The van der Waals surface area contributed by atoms with Gasteiger partial charge in [0.2, 0.25) is 0 Å². The summed E-state index contributed by atoms with van der Waals surface area (Å²) in [5, 5.41) is 8.51. The average Bonchev–Trinajstić information content (AvgIpc) is 2.37. The Morgan fingerprint density at radius 2 is 1.89 bits per heavy atom. The third kappa shape index (κ3) is 3.37. The minimum atomic E-state index is -3.49. The summed E-state index contributed by atoms with van der Waals surface area (Å²) in [4.78, 5) is 10.5. The van der Waals surface area contributed by atoms with Gasteiger partial charge < -0.3 is 14.6 Å². The highest BCUT2D eigenvalue weighted by atomic mass is 32.2. The second kappa shape index (κ2) is 5.48. The number of hydrogen-bond acceptors (Lipinski definition) is 5. The largest absolute Gasteiger partial charge is 0.486 e. The molecule has 1 heterocycles. The van der Waals surface area contributed by atoms with Gasteiger partial charge in [-0.2, -0.15) is 0 Å². The van der Waals surface area contributed by atoms with Crippen LogP contribution in [0.4, 0.5) is 0 Å². The molecule has 0 radical (unpaired) electrons. The van der Waals surface area contributed by atoms with E-state index in [0.29, 0.717) is 24.7 Å². The molecule has 0 aliphatic carbocycles. The molecule has 104 valence electrons. The van der Waals surface area contributed by atoms with Crippen LogP contribution in [-0.4, -0.2) is 38.5 Å². The number of carbonyl (C=O) groups is 1. The van der Waals surface area contributed by atoms with Crippen LogP contribution in [0.25, 0.3) is 0 Å². The maximum absolute atomic E-state index is 12.0. The van der Waals surface area contributed by atoms with E-state index in [9.17, 15) is 13.2 Å². The maximum atomic E-state index is 12.0. The van der Waals surface area contributed by atoms with Crippen molar-refractivity contribution >= 4 is 15.8 Å². The first-order valence-corrected chi connectivity index (χ1v) is 7.48. The van der Waals surface area contributed by atoms with Gasteiger partial charge in [0.1, 0.15) is 13.2 Å². The van der Waals surface area contributed by atoms with Crippen LogP contribution in [0.15, 0.2) is 23.1 Å². The van der Waals surface area contributed by atoms with Gasteiger partial charge >= 0.3 is 5.97 Å². The third-order valence-electron chi connectivity index (χ3n) is 2.68. The molecule has 1 aromatic rings. The molecule has 1 aliphatic rings. The Bertz CT molecular complexity index is 578. The van der Waals surface area contributed by atoms with Gasteiger partial charge in [-0.15, -0.1) is 0 Å². The van der Waals surface area contributed by atoms with Gasteiger partial charge in [-0.1, -0.05) is 0 Å². The summed E-state index contributed by atoms with van der Waals surface area (Å²) in [7, 11) is -3.49. The molecule has 19 heavy (non-hydrogen) atoms. The number of ether oxygens (including phenoxy) is 2. The minimum absolute atomic E-state index is 0.0894. The van der Waals surface area contributed by atoms with Crippen LogP contribution < -0.4 is 9.47 Å². The topological polar surface area (TPSA) is 89.9 Å².